The van der Waals surface area contributed by atoms with Gasteiger partial charge in [-0.2, -0.15) is 0 Å². The average Bonchev–Trinajstić information content (AvgIpc) is 2.46. The van der Waals surface area contributed by atoms with Crippen LogP contribution >= 0.6 is 0 Å². The molecule has 2 fully saturated rings. The third kappa shape index (κ3) is 4.96. The van der Waals surface area contributed by atoms with Gasteiger partial charge in [0.05, 0.1) is 0 Å². The topological polar surface area (TPSA) is 15.3 Å². The molecule has 2 heteroatoms. The van der Waals surface area contributed by atoms with E-state index in [0.717, 1.165) is 12.0 Å². The number of hydrogen-bond acceptors (Lipinski definition) is 2. The smallest absolute Gasteiger partial charge is 0.0118 e. The highest BCUT2D eigenvalue weighted by Crippen LogP contribution is 2.38. The van der Waals surface area contributed by atoms with Gasteiger partial charge in [0.25, 0.3) is 0 Å². The molecule has 0 aromatic carbocycles. The maximum Gasteiger partial charge on any atom is 0.0118 e. The molecule has 21 heavy (non-hydrogen) atoms. The highest BCUT2D eigenvalue weighted by molar-refractivity contribution is 4.90. The first-order chi connectivity index (χ1) is 10.0. The Hall–Kier alpha value is -0.0800. The van der Waals surface area contributed by atoms with Crippen molar-refractivity contribution in [2.75, 3.05) is 20.1 Å². The molecule has 0 saturated heterocycles. The third-order valence-electron chi connectivity index (χ3n) is 6.02. The second kappa shape index (κ2) is 7.97. The third-order valence-corrected chi connectivity index (χ3v) is 6.02. The van der Waals surface area contributed by atoms with Crippen molar-refractivity contribution >= 4 is 0 Å². The minimum absolute atomic E-state index is 0.536. The van der Waals surface area contributed by atoms with Gasteiger partial charge in [0.15, 0.2) is 0 Å². The maximum absolute atomic E-state index is 3.75. The molecule has 1 N–H and O–H groups in total. The Morgan fingerprint density at radius 3 is 2.33 bits per heavy atom. The average molecular weight is 295 g/mol. The first-order valence-corrected chi connectivity index (χ1v) is 9.46. The second-order valence-corrected chi connectivity index (χ2v) is 8.34. The maximum atomic E-state index is 3.75. The van der Waals surface area contributed by atoms with E-state index in [2.05, 4.69) is 38.0 Å². The normalized spacial score (nSPS) is 30.0. The van der Waals surface area contributed by atoms with Gasteiger partial charge < -0.3 is 10.2 Å². The Morgan fingerprint density at radius 1 is 1.05 bits per heavy atom. The first-order valence-electron chi connectivity index (χ1n) is 9.46. The van der Waals surface area contributed by atoms with Crippen LogP contribution in [0.15, 0.2) is 0 Å². The molecule has 0 aliphatic heterocycles. The summed E-state index contributed by atoms with van der Waals surface area (Å²) in [5, 5.41) is 3.75. The van der Waals surface area contributed by atoms with Crippen LogP contribution in [-0.2, 0) is 0 Å². The lowest BCUT2D eigenvalue weighted by Crippen LogP contribution is -2.50. The largest absolute Gasteiger partial charge is 0.314 e. The Labute approximate surface area is 133 Å². The molecule has 2 saturated carbocycles. The predicted molar refractivity (Wildman–Crippen MR) is 92.7 cm³/mol. The van der Waals surface area contributed by atoms with Gasteiger partial charge in [-0.15, -0.1) is 0 Å². The SMILES string of the molecule is CC(C)NCC1(CN(C)C2CCCCC2C)CCCCC1. The summed E-state index contributed by atoms with van der Waals surface area (Å²) in [5.74, 6) is 0.891. The van der Waals surface area contributed by atoms with Crippen LogP contribution in [0.2, 0.25) is 0 Å². The zero-order valence-electron chi connectivity index (χ0n) is 15.0. The van der Waals surface area contributed by atoms with E-state index < -0.39 is 0 Å². The molecule has 2 aliphatic rings. The molecule has 2 rings (SSSR count). The standard InChI is InChI=1S/C19H38N2/c1-16(2)20-14-19(12-8-5-9-13-19)15-21(4)18-11-7-6-10-17(18)3/h16-18,20H,5-15H2,1-4H3. The fourth-order valence-electron chi connectivity index (χ4n) is 4.71. The second-order valence-electron chi connectivity index (χ2n) is 8.34. The Morgan fingerprint density at radius 2 is 1.71 bits per heavy atom. The number of nitrogens with zero attached hydrogens (tertiary/aromatic N) is 1. The summed E-state index contributed by atoms with van der Waals surface area (Å²) >= 11 is 0. The van der Waals surface area contributed by atoms with Gasteiger partial charge >= 0.3 is 0 Å². The zero-order valence-corrected chi connectivity index (χ0v) is 15.0. The zero-order chi connectivity index (χ0) is 15.3. The van der Waals surface area contributed by atoms with Crippen LogP contribution in [0.5, 0.6) is 0 Å². The van der Waals surface area contributed by atoms with Crippen LogP contribution in [0.4, 0.5) is 0 Å². The van der Waals surface area contributed by atoms with Crippen LogP contribution in [0.25, 0.3) is 0 Å². The van der Waals surface area contributed by atoms with Gasteiger partial charge in [0.2, 0.25) is 0 Å². The quantitative estimate of drug-likeness (QED) is 0.779. The molecular formula is C19H38N2. The van der Waals surface area contributed by atoms with Crippen LogP contribution in [0, 0.1) is 11.3 Å². The van der Waals surface area contributed by atoms with Gasteiger partial charge in [-0.1, -0.05) is 52.9 Å². The van der Waals surface area contributed by atoms with E-state index in [9.17, 15) is 0 Å². The number of rotatable bonds is 6. The summed E-state index contributed by atoms with van der Waals surface area (Å²) in [6, 6.07) is 1.44. The van der Waals surface area contributed by atoms with Crippen LogP contribution < -0.4 is 5.32 Å². The summed E-state index contributed by atoms with van der Waals surface area (Å²) in [6.07, 6.45) is 12.9. The van der Waals surface area contributed by atoms with Crippen molar-refractivity contribution in [2.24, 2.45) is 11.3 Å². The van der Waals surface area contributed by atoms with Gasteiger partial charge in [-0.25, -0.2) is 0 Å². The van der Waals surface area contributed by atoms with Crippen molar-refractivity contribution in [1.29, 1.82) is 0 Å². The minimum atomic E-state index is 0.536. The van der Waals surface area contributed by atoms with Gasteiger partial charge in [0.1, 0.15) is 0 Å². The molecule has 0 heterocycles. The molecule has 0 aromatic heterocycles. The lowest BCUT2D eigenvalue weighted by Gasteiger charge is -2.45. The summed E-state index contributed by atoms with van der Waals surface area (Å²) in [6.45, 7) is 9.56. The number of hydrogen-bond donors (Lipinski definition) is 1. The molecule has 0 amide bonds. The van der Waals surface area contributed by atoms with Crippen molar-refractivity contribution in [3.8, 4) is 0 Å². The summed E-state index contributed by atoms with van der Waals surface area (Å²) in [4.78, 5) is 2.73. The molecular weight excluding hydrogens is 256 g/mol. The minimum Gasteiger partial charge on any atom is -0.314 e. The lowest BCUT2D eigenvalue weighted by molar-refractivity contribution is 0.0585. The van der Waals surface area contributed by atoms with Crippen molar-refractivity contribution in [3.63, 3.8) is 0 Å². The molecule has 0 spiro atoms. The van der Waals surface area contributed by atoms with Crippen LogP contribution in [0.1, 0.15) is 78.6 Å². The van der Waals surface area contributed by atoms with Crippen molar-refractivity contribution in [2.45, 2.75) is 90.6 Å². The highest BCUT2D eigenvalue weighted by atomic mass is 15.1. The lowest BCUT2D eigenvalue weighted by atomic mass is 9.72. The molecule has 0 radical (unpaired) electrons. The van der Waals surface area contributed by atoms with E-state index >= 15 is 0 Å². The Bertz CT molecular complexity index is 294. The fraction of sp³-hybridized carbons (Fsp3) is 1.00. The Balaban J connectivity index is 1.96. The van der Waals surface area contributed by atoms with Gasteiger partial charge in [0, 0.05) is 25.2 Å². The van der Waals surface area contributed by atoms with Gasteiger partial charge in [-0.05, 0) is 44.1 Å². The fourth-order valence-corrected chi connectivity index (χ4v) is 4.71. The monoisotopic (exact) mass is 294 g/mol. The van der Waals surface area contributed by atoms with Crippen molar-refractivity contribution in [1.82, 2.24) is 10.2 Å². The molecule has 2 unspecified atom stereocenters. The Kier molecular flexibility index (Phi) is 6.55. The molecule has 0 bridgehead atoms. The van der Waals surface area contributed by atoms with E-state index in [1.54, 1.807) is 0 Å². The first kappa shape index (κ1) is 17.3. The van der Waals surface area contributed by atoms with E-state index in [4.69, 9.17) is 0 Å². The summed E-state index contributed by atoms with van der Waals surface area (Å²) in [7, 11) is 2.40. The van der Waals surface area contributed by atoms with Crippen LogP contribution in [0.3, 0.4) is 0 Å². The molecule has 2 aliphatic carbocycles. The summed E-state index contributed by atoms with van der Waals surface area (Å²) in [5.41, 5.74) is 0.536. The van der Waals surface area contributed by atoms with Crippen molar-refractivity contribution < 1.29 is 0 Å². The molecule has 2 atom stereocenters. The summed E-state index contributed by atoms with van der Waals surface area (Å²) < 4.78 is 0. The van der Waals surface area contributed by atoms with Gasteiger partial charge in [-0.3, -0.25) is 0 Å². The van der Waals surface area contributed by atoms with E-state index in [-0.39, 0.29) is 0 Å². The highest BCUT2D eigenvalue weighted by Gasteiger charge is 2.36. The number of nitrogens with one attached hydrogen (secondary N) is 1. The molecule has 124 valence electrons. The van der Waals surface area contributed by atoms with Crippen LogP contribution in [-0.4, -0.2) is 37.1 Å². The molecule has 0 aromatic rings. The van der Waals surface area contributed by atoms with Crippen molar-refractivity contribution in [3.05, 3.63) is 0 Å². The molecule has 2 nitrogen and oxygen atoms in total. The predicted octanol–water partition coefficient (Wildman–Crippen LogP) is 4.45. The van der Waals surface area contributed by atoms with E-state index in [1.165, 1.54) is 70.9 Å². The van der Waals surface area contributed by atoms with E-state index in [0.29, 0.717) is 11.5 Å². The van der Waals surface area contributed by atoms with E-state index in [1.807, 2.05) is 0 Å².